The molecule has 0 unspecified atom stereocenters. The van der Waals surface area contributed by atoms with Crippen LogP contribution < -0.4 is 5.32 Å². The number of amides is 1. The van der Waals surface area contributed by atoms with Gasteiger partial charge in [0.05, 0.1) is 17.5 Å². The van der Waals surface area contributed by atoms with E-state index in [0.29, 0.717) is 10.6 Å². The van der Waals surface area contributed by atoms with E-state index in [9.17, 15) is 10.1 Å². The maximum atomic E-state index is 12.1. The van der Waals surface area contributed by atoms with Crippen LogP contribution in [0.2, 0.25) is 0 Å². The summed E-state index contributed by atoms with van der Waals surface area (Å²) in [7, 11) is 0. The Hall–Kier alpha value is -2.26. The molecule has 0 saturated heterocycles. The highest BCUT2D eigenvalue weighted by Gasteiger charge is 2.23. The Bertz CT molecular complexity index is 712. The second-order valence-electron chi connectivity index (χ2n) is 4.67. The molecule has 0 saturated carbocycles. The van der Waals surface area contributed by atoms with Gasteiger partial charge in [0.15, 0.2) is 0 Å². The summed E-state index contributed by atoms with van der Waals surface area (Å²) in [5.74, 6) is -0.325. The van der Waals surface area contributed by atoms with E-state index in [-0.39, 0.29) is 11.6 Å². The molecule has 6 heteroatoms. The first-order chi connectivity index (χ1) is 9.69. The fourth-order valence-corrected chi connectivity index (χ4v) is 3.52. The molecule has 1 amide bonds. The maximum absolute atomic E-state index is 12.1. The maximum Gasteiger partial charge on any atom is 0.276 e. The molecule has 0 spiro atoms. The van der Waals surface area contributed by atoms with E-state index >= 15 is 0 Å². The second kappa shape index (κ2) is 5.02. The Morgan fingerprint density at radius 2 is 2.25 bits per heavy atom. The number of fused-ring (bicyclic) bond motifs is 1. The SMILES string of the molecule is Cc1cnc(C(=O)Nc2sc3c(c2C#N)CCC3)cn1. The molecule has 2 aromatic heterocycles. The van der Waals surface area contributed by atoms with Crippen molar-refractivity contribution in [2.75, 3.05) is 5.32 Å². The number of nitriles is 1. The van der Waals surface area contributed by atoms with Crippen LogP contribution in [0.3, 0.4) is 0 Å². The van der Waals surface area contributed by atoms with Gasteiger partial charge in [-0.15, -0.1) is 11.3 Å². The Kier molecular flexibility index (Phi) is 3.20. The summed E-state index contributed by atoms with van der Waals surface area (Å²) in [6.07, 6.45) is 6.00. The van der Waals surface area contributed by atoms with Crippen LogP contribution in [0.5, 0.6) is 0 Å². The van der Waals surface area contributed by atoms with Gasteiger partial charge in [0.2, 0.25) is 0 Å². The molecule has 2 aromatic rings. The number of carbonyl (C=O) groups is 1. The van der Waals surface area contributed by atoms with Crippen molar-refractivity contribution in [1.29, 1.82) is 5.26 Å². The van der Waals surface area contributed by atoms with E-state index < -0.39 is 0 Å². The van der Waals surface area contributed by atoms with Gasteiger partial charge in [-0.05, 0) is 31.7 Å². The minimum atomic E-state index is -0.325. The predicted molar refractivity (Wildman–Crippen MR) is 75.8 cm³/mol. The zero-order chi connectivity index (χ0) is 14.1. The average molecular weight is 284 g/mol. The number of aromatic nitrogens is 2. The normalized spacial score (nSPS) is 12.8. The second-order valence-corrected chi connectivity index (χ2v) is 5.78. The third kappa shape index (κ3) is 2.17. The van der Waals surface area contributed by atoms with E-state index in [1.807, 2.05) is 6.92 Å². The summed E-state index contributed by atoms with van der Waals surface area (Å²) in [6, 6.07) is 2.20. The molecule has 100 valence electrons. The molecule has 0 radical (unpaired) electrons. The van der Waals surface area contributed by atoms with Crippen molar-refractivity contribution in [3.63, 3.8) is 0 Å². The van der Waals surface area contributed by atoms with Gasteiger partial charge in [-0.25, -0.2) is 4.98 Å². The highest BCUT2D eigenvalue weighted by molar-refractivity contribution is 7.16. The lowest BCUT2D eigenvalue weighted by atomic mass is 10.1. The number of nitrogens with one attached hydrogen (secondary N) is 1. The van der Waals surface area contributed by atoms with Gasteiger partial charge in [-0.2, -0.15) is 5.26 Å². The van der Waals surface area contributed by atoms with E-state index in [1.165, 1.54) is 22.4 Å². The molecule has 1 N–H and O–H groups in total. The fourth-order valence-electron chi connectivity index (χ4n) is 2.29. The van der Waals surface area contributed by atoms with Crippen LogP contribution in [0.15, 0.2) is 12.4 Å². The lowest BCUT2D eigenvalue weighted by molar-refractivity contribution is 0.102. The third-order valence-electron chi connectivity index (χ3n) is 3.27. The summed E-state index contributed by atoms with van der Waals surface area (Å²) < 4.78 is 0. The summed E-state index contributed by atoms with van der Waals surface area (Å²) in [6.45, 7) is 1.81. The van der Waals surface area contributed by atoms with Gasteiger partial charge >= 0.3 is 0 Å². The molecule has 0 atom stereocenters. The van der Waals surface area contributed by atoms with Crippen LogP contribution in [0, 0.1) is 18.3 Å². The molecule has 1 aliphatic rings. The molecular weight excluding hydrogens is 272 g/mol. The first-order valence-corrected chi connectivity index (χ1v) is 7.15. The largest absolute Gasteiger partial charge is 0.311 e. The quantitative estimate of drug-likeness (QED) is 0.918. The van der Waals surface area contributed by atoms with Crippen LogP contribution in [0.4, 0.5) is 5.00 Å². The molecule has 0 aliphatic heterocycles. The summed E-state index contributed by atoms with van der Waals surface area (Å²) in [4.78, 5) is 21.4. The predicted octanol–water partition coefficient (Wildman–Crippen LogP) is 2.46. The first-order valence-electron chi connectivity index (χ1n) is 6.33. The van der Waals surface area contributed by atoms with E-state index in [2.05, 4.69) is 21.4 Å². The number of hydrogen-bond donors (Lipinski definition) is 1. The Balaban J connectivity index is 1.87. The Morgan fingerprint density at radius 1 is 1.40 bits per heavy atom. The fraction of sp³-hybridized carbons (Fsp3) is 0.286. The minimum absolute atomic E-state index is 0.257. The molecule has 5 nitrogen and oxygen atoms in total. The van der Waals surface area contributed by atoms with Crippen LogP contribution >= 0.6 is 11.3 Å². The number of rotatable bonds is 2. The zero-order valence-electron chi connectivity index (χ0n) is 10.9. The first kappa shape index (κ1) is 12.8. The summed E-state index contributed by atoms with van der Waals surface area (Å²) >= 11 is 1.50. The smallest absolute Gasteiger partial charge is 0.276 e. The van der Waals surface area contributed by atoms with Gasteiger partial charge in [-0.1, -0.05) is 0 Å². The van der Waals surface area contributed by atoms with E-state index in [1.54, 1.807) is 6.20 Å². The molecule has 1 aliphatic carbocycles. The standard InChI is InChI=1S/C14H12N4OS/c1-8-6-17-11(7-16-8)13(19)18-14-10(5-15)9-3-2-4-12(9)20-14/h6-7H,2-4H2,1H3,(H,18,19). The zero-order valence-corrected chi connectivity index (χ0v) is 11.8. The number of hydrogen-bond acceptors (Lipinski definition) is 5. The topological polar surface area (TPSA) is 78.7 Å². The van der Waals surface area contributed by atoms with Gasteiger partial charge in [0.25, 0.3) is 5.91 Å². The molecule has 0 aromatic carbocycles. The van der Waals surface area contributed by atoms with Crippen molar-refractivity contribution in [2.45, 2.75) is 26.2 Å². The van der Waals surface area contributed by atoms with Crippen LogP contribution in [-0.2, 0) is 12.8 Å². The van der Waals surface area contributed by atoms with Crippen molar-refractivity contribution in [2.24, 2.45) is 0 Å². The van der Waals surface area contributed by atoms with Crippen molar-refractivity contribution >= 4 is 22.2 Å². The molecule has 20 heavy (non-hydrogen) atoms. The van der Waals surface area contributed by atoms with Gasteiger partial charge in [0, 0.05) is 11.1 Å². The van der Waals surface area contributed by atoms with Crippen LogP contribution in [0.1, 0.15) is 38.6 Å². The molecule has 2 heterocycles. The number of thiophene rings is 1. The van der Waals surface area contributed by atoms with Crippen molar-refractivity contribution in [1.82, 2.24) is 9.97 Å². The van der Waals surface area contributed by atoms with Crippen molar-refractivity contribution in [3.8, 4) is 6.07 Å². The van der Waals surface area contributed by atoms with Gasteiger partial charge in [-0.3, -0.25) is 9.78 Å². The lowest BCUT2D eigenvalue weighted by Crippen LogP contribution is -2.14. The van der Waals surface area contributed by atoms with Gasteiger partial charge in [0.1, 0.15) is 16.8 Å². The third-order valence-corrected chi connectivity index (χ3v) is 4.48. The highest BCUT2D eigenvalue weighted by atomic mass is 32.1. The average Bonchev–Trinajstić information content (AvgIpc) is 2.99. The van der Waals surface area contributed by atoms with Crippen LogP contribution in [0.25, 0.3) is 0 Å². The minimum Gasteiger partial charge on any atom is -0.311 e. The number of carbonyl (C=O) groups excluding carboxylic acids is 1. The van der Waals surface area contributed by atoms with Gasteiger partial charge < -0.3 is 5.32 Å². The highest BCUT2D eigenvalue weighted by Crippen LogP contribution is 2.38. The Labute approximate surface area is 120 Å². The van der Waals surface area contributed by atoms with Crippen LogP contribution in [-0.4, -0.2) is 15.9 Å². The number of aryl methyl sites for hydroxylation is 2. The number of nitrogens with zero attached hydrogens (tertiary/aromatic N) is 3. The molecule has 0 bridgehead atoms. The van der Waals surface area contributed by atoms with Crippen molar-refractivity contribution in [3.05, 3.63) is 39.8 Å². The Morgan fingerprint density at radius 3 is 2.95 bits per heavy atom. The van der Waals surface area contributed by atoms with E-state index in [0.717, 1.165) is 30.5 Å². The number of anilines is 1. The van der Waals surface area contributed by atoms with Crippen molar-refractivity contribution < 1.29 is 4.79 Å². The van der Waals surface area contributed by atoms with E-state index in [4.69, 9.17) is 0 Å². The summed E-state index contributed by atoms with van der Waals surface area (Å²) in [5.41, 5.74) is 2.72. The monoisotopic (exact) mass is 284 g/mol. The summed E-state index contributed by atoms with van der Waals surface area (Å²) in [5, 5.41) is 12.7. The molecule has 0 fully saturated rings. The molecule has 3 rings (SSSR count). The molecular formula is C14H12N4OS. The lowest BCUT2D eigenvalue weighted by Gasteiger charge is -2.03.